The molecule has 0 atom stereocenters. The van der Waals surface area contributed by atoms with E-state index < -0.39 is 51.5 Å². The van der Waals surface area contributed by atoms with Crippen molar-refractivity contribution in [2.24, 2.45) is 0 Å². The summed E-state index contributed by atoms with van der Waals surface area (Å²) >= 11 is 0. The zero-order valence-electron chi connectivity index (χ0n) is 9.74. The summed E-state index contributed by atoms with van der Waals surface area (Å²) in [6.07, 6.45) is 0. The fraction of sp³-hybridized carbons (Fsp3) is 0. The van der Waals surface area contributed by atoms with Crippen LogP contribution in [0, 0.1) is 39.5 Å². The van der Waals surface area contributed by atoms with Crippen molar-refractivity contribution < 1.29 is 31.6 Å². The Kier molecular flexibility index (Phi) is 3.70. The molecule has 0 spiro atoms. The van der Waals surface area contributed by atoms with Gasteiger partial charge in [0.15, 0.2) is 0 Å². The van der Waals surface area contributed by atoms with Crippen molar-refractivity contribution in [3.05, 3.63) is 57.7 Å². The first-order valence-electron chi connectivity index (χ1n) is 5.13. The molecule has 0 amide bonds. The predicted molar refractivity (Wildman–Crippen MR) is 57.2 cm³/mol. The van der Waals surface area contributed by atoms with Crippen LogP contribution in [0.25, 0.3) is 0 Å². The quantitative estimate of drug-likeness (QED) is 0.377. The first-order valence-corrected chi connectivity index (χ1v) is 5.13. The van der Waals surface area contributed by atoms with Gasteiger partial charge in [0.05, 0.1) is 11.0 Å². The number of benzene rings is 1. The summed E-state index contributed by atoms with van der Waals surface area (Å²) in [5, 5.41) is 10.7. The molecule has 0 saturated carbocycles. The van der Waals surface area contributed by atoms with Gasteiger partial charge in [-0.15, -0.1) is 0 Å². The summed E-state index contributed by atoms with van der Waals surface area (Å²) < 4.78 is 69.8. The topological polar surface area (TPSA) is 65.3 Å². The smallest absolute Gasteiger partial charge is 0.314 e. The van der Waals surface area contributed by atoms with Gasteiger partial charge in [-0.25, -0.2) is 4.39 Å². The van der Waals surface area contributed by atoms with Crippen molar-refractivity contribution in [2.75, 3.05) is 0 Å². The van der Waals surface area contributed by atoms with E-state index in [2.05, 4.69) is 9.72 Å². The van der Waals surface area contributed by atoms with Gasteiger partial charge >= 0.3 is 5.69 Å². The molecule has 0 saturated heterocycles. The molecule has 0 radical (unpaired) electrons. The minimum Gasteiger partial charge on any atom is -0.444 e. The van der Waals surface area contributed by atoms with Crippen molar-refractivity contribution in [3.63, 3.8) is 0 Å². The van der Waals surface area contributed by atoms with Crippen LogP contribution in [-0.4, -0.2) is 9.91 Å². The number of rotatable bonds is 3. The third kappa shape index (κ3) is 2.73. The molecular formula is C11H3F5N2O3. The normalized spacial score (nSPS) is 10.5. The van der Waals surface area contributed by atoms with Gasteiger partial charge in [0, 0.05) is 0 Å². The first-order chi connectivity index (χ1) is 9.81. The van der Waals surface area contributed by atoms with Gasteiger partial charge in [-0.05, 0) is 12.1 Å². The highest BCUT2D eigenvalue weighted by atomic mass is 19.2. The second-order valence-corrected chi connectivity index (χ2v) is 3.62. The molecule has 0 bridgehead atoms. The van der Waals surface area contributed by atoms with E-state index in [1.807, 2.05) is 0 Å². The van der Waals surface area contributed by atoms with Crippen LogP contribution in [0.15, 0.2) is 18.2 Å². The minimum atomic E-state index is -1.99. The lowest BCUT2D eigenvalue weighted by Crippen LogP contribution is -2.04. The highest BCUT2D eigenvalue weighted by molar-refractivity contribution is 5.48. The molecule has 0 unspecified atom stereocenters. The lowest BCUT2D eigenvalue weighted by molar-refractivity contribution is -0.385. The fourth-order valence-electron chi connectivity index (χ4n) is 1.39. The standard InChI is InChI=1S/C11H3F5N2O3/c12-4-1-2-6(5(3-4)18(19)20)21-9-7(13)10(15)17-11(16)8(9)14/h1-3H. The molecule has 21 heavy (non-hydrogen) atoms. The number of halogens is 5. The van der Waals surface area contributed by atoms with Crippen molar-refractivity contribution in [2.45, 2.75) is 0 Å². The monoisotopic (exact) mass is 306 g/mol. The van der Waals surface area contributed by atoms with Crippen molar-refractivity contribution in [1.29, 1.82) is 0 Å². The Morgan fingerprint density at radius 1 is 1.05 bits per heavy atom. The van der Waals surface area contributed by atoms with Crippen molar-refractivity contribution >= 4 is 5.69 Å². The molecule has 1 heterocycles. The molecule has 0 aliphatic carbocycles. The van der Waals surface area contributed by atoms with E-state index in [1.54, 1.807) is 0 Å². The van der Waals surface area contributed by atoms with Gasteiger partial charge in [0.1, 0.15) is 5.82 Å². The molecule has 2 aromatic rings. The Labute approximate surface area is 112 Å². The van der Waals surface area contributed by atoms with E-state index in [-0.39, 0.29) is 0 Å². The summed E-state index contributed by atoms with van der Waals surface area (Å²) in [5.41, 5.74) is -0.980. The third-order valence-electron chi connectivity index (χ3n) is 2.29. The van der Waals surface area contributed by atoms with Crippen LogP contribution in [0.1, 0.15) is 0 Å². The molecule has 0 aliphatic heterocycles. The molecule has 1 aromatic heterocycles. The van der Waals surface area contributed by atoms with Crippen LogP contribution in [0.2, 0.25) is 0 Å². The molecule has 10 heteroatoms. The van der Waals surface area contributed by atoms with Gasteiger partial charge in [-0.3, -0.25) is 10.1 Å². The van der Waals surface area contributed by atoms with Crippen molar-refractivity contribution in [3.8, 4) is 11.5 Å². The average molecular weight is 306 g/mol. The molecular weight excluding hydrogens is 303 g/mol. The maximum Gasteiger partial charge on any atom is 0.314 e. The lowest BCUT2D eigenvalue weighted by Gasteiger charge is -2.08. The van der Waals surface area contributed by atoms with E-state index in [9.17, 15) is 32.1 Å². The summed E-state index contributed by atoms with van der Waals surface area (Å²) in [4.78, 5) is 11.9. The molecule has 110 valence electrons. The second kappa shape index (κ2) is 5.31. The maximum atomic E-state index is 13.3. The molecule has 0 N–H and O–H groups in total. The Balaban J connectivity index is 2.56. The average Bonchev–Trinajstić information content (AvgIpc) is 2.42. The number of aromatic nitrogens is 1. The van der Waals surface area contributed by atoms with Gasteiger partial charge in [0.25, 0.3) is 11.9 Å². The van der Waals surface area contributed by atoms with E-state index in [1.165, 1.54) is 0 Å². The fourth-order valence-corrected chi connectivity index (χ4v) is 1.39. The number of pyridine rings is 1. The van der Waals surface area contributed by atoms with E-state index in [0.717, 1.165) is 0 Å². The van der Waals surface area contributed by atoms with Crippen molar-refractivity contribution in [1.82, 2.24) is 4.98 Å². The summed E-state index contributed by atoms with van der Waals surface area (Å²) in [7, 11) is 0. The number of hydrogen-bond donors (Lipinski definition) is 0. The number of nitro groups is 1. The number of hydrogen-bond acceptors (Lipinski definition) is 4. The number of nitrogens with zero attached hydrogens (tertiary/aromatic N) is 2. The van der Waals surface area contributed by atoms with Crippen LogP contribution in [0.3, 0.4) is 0 Å². The first kappa shape index (κ1) is 14.6. The second-order valence-electron chi connectivity index (χ2n) is 3.62. The van der Waals surface area contributed by atoms with Crippen LogP contribution in [-0.2, 0) is 0 Å². The highest BCUT2D eigenvalue weighted by Gasteiger charge is 2.26. The van der Waals surface area contributed by atoms with Crippen LogP contribution >= 0.6 is 0 Å². The third-order valence-corrected chi connectivity index (χ3v) is 2.29. The molecule has 5 nitrogen and oxygen atoms in total. The summed E-state index contributed by atoms with van der Waals surface area (Å²) in [5.74, 6) is -11.3. The Morgan fingerprint density at radius 2 is 1.62 bits per heavy atom. The highest BCUT2D eigenvalue weighted by Crippen LogP contribution is 2.35. The molecule has 2 rings (SSSR count). The number of nitro benzene ring substituents is 1. The summed E-state index contributed by atoms with van der Waals surface area (Å²) in [6, 6.07) is 1.80. The van der Waals surface area contributed by atoms with Crippen LogP contribution in [0.5, 0.6) is 11.5 Å². The summed E-state index contributed by atoms with van der Waals surface area (Å²) in [6.45, 7) is 0. The number of ether oxygens (including phenoxy) is 1. The molecule has 0 aliphatic rings. The Hall–Kier alpha value is -2.78. The van der Waals surface area contributed by atoms with Gasteiger partial charge in [0.2, 0.25) is 23.1 Å². The zero-order valence-corrected chi connectivity index (χ0v) is 9.74. The predicted octanol–water partition coefficient (Wildman–Crippen LogP) is 3.48. The van der Waals surface area contributed by atoms with Crippen LogP contribution in [0.4, 0.5) is 27.6 Å². The SMILES string of the molecule is O=[N+]([O-])c1cc(F)ccc1Oc1c(F)c(F)nc(F)c1F. The van der Waals surface area contributed by atoms with Crippen LogP contribution < -0.4 is 4.74 Å². The van der Waals surface area contributed by atoms with Gasteiger partial charge < -0.3 is 4.74 Å². The zero-order chi connectivity index (χ0) is 15.7. The maximum absolute atomic E-state index is 13.3. The van der Waals surface area contributed by atoms with E-state index in [0.29, 0.717) is 18.2 Å². The van der Waals surface area contributed by atoms with E-state index >= 15 is 0 Å². The van der Waals surface area contributed by atoms with E-state index in [4.69, 9.17) is 0 Å². The van der Waals surface area contributed by atoms with Gasteiger partial charge in [-0.2, -0.15) is 22.5 Å². The lowest BCUT2D eigenvalue weighted by atomic mass is 10.3. The molecule has 1 aromatic carbocycles. The molecule has 0 fully saturated rings. The minimum absolute atomic E-state index is 0.416. The largest absolute Gasteiger partial charge is 0.444 e. The van der Waals surface area contributed by atoms with Gasteiger partial charge in [-0.1, -0.05) is 0 Å². The Morgan fingerprint density at radius 3 is 2.14 bits per heavy atom. The Bertz CT molecular complexity index is 712.